The van der Waals surface area contributed by atoms with E-state index >= 15 is 0 Å². The van der Waals surface area contributed by atoms with Crippen LogP contribution in [0.15, 0.2) is 78.9 Å². The molecule has 4 nitrogen and oxygen atoms in total. The number of nitrogens with one attached hydrogen (secondary N) is 2. The number of benzene rings is 3. The molecule has 0 heterocycles. The van der Waals surface area contributed by atoms with Crippen molar-refractivity contribution in [1.29, 1.82) is 0 Å². The highest BCUT2D eigenvalue weighted by atomic mass is 16.2. The normalized spacial score (nSPS) is 10.7. The molecule has 0 fully saturated rings. The first-order chi connectivity index (χ1) is 12.2. The van der Waals surface area contributed by atoms with E-state index in [0.717, 1.165) is 21.9 Å². The third kappa shape index (κ3) is 4.54. The maximum absolute atomic E-state index is 11.9. The minimum Gasteiger partial charge on any atom is -0.273 e. The highest BCUT2D eigenvalue weighted by Crippen LogP contribution is 2.19. The third-order valence-corrected chi connectivity index (χ3v) is 3.77. The van der Waals surface area contributed by atoms with Crippen LogP contribution in [0.25, 0.3) is 16.8 Å². The Bertz CT molecular complexity index is 912. The van der Waals surface area contributed by atoms with Crippen LogP contribution in [0.4, 0.5) is 0 Å². The predicted octanol–water partition coefficient (Wildman–Crippen LogP) is 3.24. The van der Waals surface area contributed by atoms with Gasteiger partial charge in [0.1, 0.15) is 0 Å². The Morgan fingerprint density at radius 1 is 0.800 bits per heavy atom. The summed E-state index contributed by atoms with van der Waals surface area (Å²) in [5, 5.41) is 2.18. The molecule has 3 aromatic rings. The quantitative estimate of drug-likeness (QED) is 0.570. The minimum atomic E-state index is -0.380. The first-order valence-electron chi connectivity index (χ1n) is 8.01. The molecule has 0 spiro atoms. The van der Waals surface area contributed by atoms with E-state index in [1.54, 1.807) is 6.08 Å². The van der Waals surface area contributed by atoms with Gasteiger partial charge in [-0.2, -0.15) is 0 Å². The van der Waals surface area contributed by atoms with E-state index in [9.17, 15) is 9.59 Å². The molecule has 4 heteroatoms. The van der Waals surface area contributed by atoms with Crippen LogP contribution in [0.5, 0.6) is 0 Å². The molecule has 0 saturated carbocycles. The van der Waals surface area contributed by atoms with Crippen LogP contribution in [0, 0.1) is 0 Å². The lowest BCUT2D eigenvalue weighted by Gasteiger charge is -2.05. The van der Waals surface area contributed by atoms with Gasteiger partial charge in [-0.15, -0.1) is 0 Å². The minimum absolute atomic E-state index is 0.216. The van der Waals surface area contributed by atoms with Crippen molar-refractivity contribution >= 4 is 28.7 Å². The molecule has 2 N–H and O–H groups in total. The number of fused-ring (bicyclic) bond motifs is 1. The van der Waals surface area contributed by atoms with Crippen molar-refractivity contribution in [3.05, 3.63) is 90.0 Å². The summed E-state index contributed by atoms with van der Waals surface area (Å²) in [6, 6.07) is 23.2. The number of carbonyl (C=O) groups excluding carboxylic acids is 2. The monoisotopic (exact) mass is 330 g/mol. The van der Waals surface area contributed by atoms with E-state index in [1.165, 1.54) is 6.08 Å². The average molecular weight is 330 g/mol. The first kappa shape index (κ1) is 16.5. The van der Waals surface area contributed by atoms with Crippen molar-refractivity contribution < 1.29 is 9.59 Å². The lowest BCUT2D eigenvalue weighted by molar-refractivity contribution is -0.126. The van der Waals surface area contributed by atoms with Gasteiger partial charge < -0.3 is 0 Å². The molecular formula is C21H18N2O2. The van der Waals surface area contributed by atoms with E-state index < -0.39 is 0 Å². The number of amides is 2. The standard InChI is InChI=1S/C21H18N2O2/c24-20(22-23-21(25)15-16-7-2-1-3-8-16)14-13-18-11-6-10-17-9-4-5-12-19(17)18/h1-14H,15H2,(H,22,24)(H,23,25)/b14-13+. The van der Waals surface area contributed by atoms with Crippen molar-refractivity contribution in [2.24, 2.45) is 0 Å². The lowest BCUT2D eigenvalue weighted by atomic mass is 10.0. The molecule has 0 unspecified atom stereocenters. The zero-order valence-electron chi connectivity index (χ0n) is 13.6. The SMILES string of the molecule is O=C(/C=C/c1cccc2ccccc12)NNC(=O)Cc1ccccc1. The smallest absolute Gasteiger partial charge is 0.262 e. The fraction of sp³-hybridized carbons (Fsp3) is 0.0476. The Morgan fingerprint density at radius 3 is 2.36 bits per heavy atom. The van der Waals surface area contributed by atoms with Crippen LogP contribution in [0.3, 0.4) is 0 Å². The Morgan fingerprint density at radius 2 is 1.52 bits per heavy atom. The molecule has 0 saturated heterocycles. The van der Waals surface area contributed by atoms with E-state index in [0.29, 0.717) is 0 Å². The van der Waals surface area contributed by atoms with Gasteiger partial charge in [0.25, 0.3) is 5.91 Å². The van der Waals surface area contributed by atoms with Gasteiger partial charge >= 0.3 is 0 Å². The van der Waals surface area contributed by atoms with Crippen LogP contribution in [0.1, 0.15) is 11.1 Å². The predicted molar refractivity (Wildman–Crippen MR) is 99.4 cm³/mol. The fourth-order valence-electron chi connectivity index (χ4n) is 2.56. The van der Waals surface area contributed by atoms with Crippen LogP contribution in [0.2, 0.25) is 0 Å². The molecule has 3 rings (SSSR count). The summed E-state index contributed by atoms with van der Waals surface area (Å²) in [5.41, 5.74) is 6.65. The summed E-state index contributed by atoms with van der Waals surface area (Å²) >= 11 is 0. The molecule has 0 aliphatic heterocycles. The summed E-state index contributed by atoms with van der Waals surface area (Å²) < 4.78 is 0. The van der Waals surface area contributed by atoms with Gasteiger partial charge in [-0.1, -0.05) is 72.8 Å². The molecular weight excluding hydrogens is 312 g/mol. The maximum atomic E-state index is 11.9. The second-order valence-corrected chi connectivity index (χ2v) is 5.60. The molecule has 124 valence electrons. The van der Waals surface area contributed by atoms with E-state index in [4.69, 9.17) is 0 Å². The van der Waals surface area contributed by atoms with Crippen molar-refractivity contribution in [2.75, 3.05) is 0 Å². The second kappa shape index (κ2) is 7.93. The molecule has 2 amide bonds. The number of hydrogen-bond donors (Lipinski definition) is 2. The first-order valence-corrected chi connectivity index (χ1v) is 8.01. The molecule has 0 aliphatic carbocycles. The van der Waals surface area contributed by atoms with Crippen molar-refractivity contribution in [3.8, 4) is 0 Å². The molecule has 0 aromatic heterocycles. The van der Waals surface area contributed by atoms with Crippen molar-refractivity contribution in [1.82, 2.24) is 10.9 Å². The Labute approximate surface area is 146 Å². The highest BCUT2D eigenvalue weighted by molar-refractivity contribution is 5.97. The van der Waals surface area contributed by atoms with Gasteiger partial charge in [0.05, 0.1) is 6.42 Å². The maximum Gasteiger partial charge on any atom is 0.262 e. The van der Waals surface area contributed by atoms with Gasteiger partial charge in [0.2, 0.25) is 5.91 Å². The summed E-state index contributed by atoms with van der Waals surface area (Å²) in [6.45, 7) is 0. The van der Waals surface area contributed by atoms with Crippen LogP contribution in [-0.4, -0.2) is 11.8 Å². The zero-order chi connectivity index (χ0) is 17.5. The number of hydrazine groups is 1. The van der Waals surface area contributed by atoms with Gasteiger partial charge in [-0.25, -0.2) is 0 Å². The summed E-state index contributed by atoms with van der Waals surface area (Å²) in [7, 11) is 0. The van der Waals surface area contributed by atoms with Gasteiger partial charge in [0.15, 0.2) is 0 Å². The number of hydrogen-bond acceptors (Lipinski definition) is 2. The number of rotatable bonds is 4. The molecule has 0 aliphatic rings. The molecule has 0 bridgehead atoms. The van der Waals surface area contributed by atoms with E-state index in [2.05, 4.69) is 10.9 Å². The Hall–Kier alpha value is -3.40. The Balaban J connectivity index is 1.57. The van der Waals surface area contributed by atoms with Crippen LogP contribution in [-0.2, 0) is 16.0 Å². The van der Waals surface area contributed by atoms with Gasteiger partial charge in [-0.05, 0) is 28.0 Å². The summed E-state index contributed by atoms with van der Waals surface area (Å²) in [4.78, 5) is 23.7. The highest BCUT2D eigenvalue weighted by Gasteiger charge is 2.04. The molecule has 3 aromatic carbocycles. The Kier molecular flexibility index (Phi) is 5.22. The van der Waals surface area contributed by atoms with Crippen molar-refractivity contribution in [3.63, 3.8) is 0 Å². The number of carbonyl (C=O) groups is 2. The second-order valence-electron chi connectivity index (χ2n) is 5.60. The van der Waals surface area contributed by atoms with Gasteiger partial charge in [-0.3, -0.25) is 20.4 Å². The van der Waals surface area contributed by atoms with Gasteiger partial charge in [0, 0.05) is 6.08 Å². The lowest BCUT2D eigenvalue weighted by Crippen LogP contribution is -2.41. The fourth-order valence-corrected chi connectivity index (χ4v) is 2.56. The average Bonchev–Trinajstić information content (AvgIpc) is 2.65. The van der Waals surface area contributed by atoms with E-state index in [-0.39, 0.29) is 18.2 Å². The summed E-state index contributed by atoms with van der Waals surface area (Å²) in [5.74, 6) is -0.646. The third-order valence-electron chi connectivity index (χ3n) is 3.77. The van der Waals surface area contributed by atoms with Crippen LogP contribution < -0.4 is 10.9 Å². The molecule has 25 heavy (non-hydrogen) atoms. The van der Waals surface area contributed by atoms with E-state index in [1.807, 2.05) is 72.8 Å². The topological polar surface area (TPSA) is 58.2 Å². The molecule has 0 radical (unpaired) electrons. The zero-order valence-corrected chi connectivity index (χ0v) is 13.6. The molecule has 0 atom stereocenters. The van der Waals surface area contributed by atoms with Crippen molar-refractivity contribution in [2.45, 2.75) is 6.42 Å². The summed E-state index contributed by atoms with van der Waals surface area (Å²) in [6.07, 6.45) is 3.36. The van der Waals surface area contributed by atoms with Crippen LogP contribution >= 0.6 is 0 Å². The largest absolute Gasteiger partial charge is 0.273 e.